The fourth-order valence-electron chi connectivity index (χ4n) is 9.26. The van der Waals surface area contributed by atoms with E-state index in [1.807, 2.05) is 80.6 Å². The van der Waals surface area contributed by atoms with E-state index >= 15 is 0 Å². The number of ether oxygens (including phenoxy) is 4. The van der Waals surface area contributed by atoms with Gasteiger partial charge >= 0.3 is 5.97 Å². The lowest BCUT2D eigenvalue weighted by Gasteiger charge is -2.44. The molecule has 370 valence electrons. The minimum absolute atomic E-state index is 0.0321. The van der Waals surface area contributed by atoms with Crippen LogP contribution in [0.4, 0.5) is 11.4 Å². The number of unbranched alkanes of at least 4 members (excludes halogenated alkanes) is 2. The summed E-state index contributed by atoms with van der Waals surface area (Å²) in [6, 6.07) is 18.9. The van der Waals surface area contributed by atoms with E-state index in [4.69, 9.17) is 23.8 Å². The van der Waals surface area contributed by atoms with Gasteiger partial charge in [0.2, 0.25) is 5.69 Å². The molecule has 1 saturated heterocycles. The van der Waals surface area contributed by atoms with Gasteiger partial charge in [0, 0.05) is 85.5 Å². The molecule has 0 aliphatic carbocycles. The number of hydroxylamine groups is 2. The number of allylic oxidation sites excluding steroid dienone is 10. The van der Waals surface area contributed by atoms with Gasteiger partial charge in [0.25, 0.3) is 11.8 Å². The monoisotopic (exact) mass is 973 g/mol. The van der Waals surface area contributed by atoms with Crippen LogP contribution in [0, 0.1) is 0 Å². The Kier molecular flexibility index (Phi) is 16.7. The fraction of sp³-hybridized carbons (Fsp3) is 0.382. The highest BCUT2D eigenvalue weighted by Gasteiger charge is 2.44. The molecule has 14 nitrogen and oxygen atoms in total. The first-order valence-electron chi connectivity index (χ1n) is 23.8. The molecule has 4 aliphatic rings. The third-order valence-electron chi connectivity index (χ3n) is 12.8. The maximum absolute atomic E-state index is 12.4. The van der Waals surface area contributed by atoms with Crippen molar-refractivity contribution in [2.24, 2.45) is 0 Å². The molecule has 0 saturated carbocycles. The Morgan fingerprint density at radius 2 is 1.54 bits per heavy atom. The van der Waals surface area contributed by atoms with Crippen LogP contribution in [0.2, 0.25) is 0 Å². The fourth-order valence-corrected chi connectivity index (χ4v) is 9.76. The number of carbonyl (C=O) groups excluding carboxylic acids is 3. The van der Waals surface area contributed by atoms with E-state index in [-0.39, 0.29) is 29.7 Å². The average molecular weight is 974 g/mol. The van der Waals surface area contributed by atoms with Crippen LogP contribution in [0.15, 0.2) is 120 Å². The molecular weight excluding hydrogens is 911 g/mol. The minimum atomic E-state index is -4.68. The van der Waals surface area contributed by atoms with Gasteiger partial charge in [-0.05, 0) is 82.9 Å². The van der Waals surface area contributed by atoms with Crippen LogP contribution in [0.3, 0.4) is 0 Å². The lowest BCUT2D eigenvalue weighted by Crippen LogP contribution is -2.46. The molecule has 15 heteroatoms. The van der Waals surface area contributed by atoms with Crippen LogP contribution in [-0.4, -0.2) is 105 Å². The number of rotatable bonds is 22. The van der Waals surface area contributed by atoms with Gasteiger partial charge in [-0.1, -0.05) is 72.9 Å². The highest BCUT2D eigenvalue weighted by atomic mass is 32.2. The molecule has 1 fully saturated rings. The second kappa shape index (κ2) is 22.7. The van der Waals surface area contributed by atoms with Crippen molar-refractivity contribution in [3.05, 3.63) is 138 Å². The zero-order valence-electron chi connectivity index (χ0n) is 40.9. The largest absolute Gasteiger partial charge is 0.744 e. The Morgan fingerprint density at radius 1 is 0.843 bits per heavy atom. The number of anilines is 1. The number of carbonyl (C=O) groups is 3. The average Bonchev–Trinajstić information content (AvgIpc) is 3.74. The van der Waals surface area contributed by atoms with Gasteiger partial charge in [-0.15, -0.1) is 5.06 Å². The predicted octanol–water partition coefficient (Wildman–Crippen LogP) is 9.00. The number of nitrogens with zero attached hydrogens (tertiary/aromatic N) is 3. The molecule has 0 spiro atoms. The lowest BCUT2D eigenvalue weighted by atomic mass is 9.81. The summed E-state index contributed by atoms with van der Waals surface area (Å²) in [7, 11) is -3.03. The standard InChI is InChI=1S/C55H63N3O11S/c1-39-38-54(2,3)57(28-29-66-32-33-67-31-30-65-6)47-37-49-44(36-43(39)47)41(34-48(68-49)40-18-13-10-14-19-40)20-12-8-7-9-15-21-50-55(4,5)45-35-42(70(62,63)64)23-24-46(45)56(50)27-17-11-16-22-53(61)69-58-51(59)25-26-52(58)60/h7-10,12-15,18-21,23-24,34-38H,11,16-17,22,25-33H2,1-6H3. The van der Waals surface area contributed by atoms with Crippen LogP contribution in [0.5, 0.6) is 5.75 Å². The third-order valence-corrected chi connectivity index (χ3v) is 13.6. The van der Waals surface area contributed by atoms with Crippen molar-refractivity contribution >= 4 is 61.9 Å². The molecule has 7 rings (SSSR count). The Morgan fingerprint density at radius 3 is 2.27 bits per heavy atom. The summed E-state index contributed by atoms with van der Waals surface area (Å²) in [6.45, 7) is 14.4. The van der Waals surface area contributed by atoms with Gasteiger partial charge in [0.1, 0.15) is 28.2 Å². The zero-order valence-corrected chi connectivity index (χ0v) is 41.7. The summed E-state index contributed by atoms with van der Waals surface area (Å²) in [5.74, 6) is -0.170. The maximum atomic E-state index is 12.4. The van der Waals surface area contributed by atoms with Gasteiger partial charge in [-0.2, -0.15) is 4.58 Å². The molecule has 3 aromatic carbocycles. The van der Waals surface area contributed by atoms with Crippen LogP contribution in [0.1, 0.15) is 95.4 Å². The van der Waals surface area contributed by atoms with Crippen molar-refractivity contribution in [1.82, 2.24) is 5.06 Å². The number of hydrogen-bond acceptors (Lipinski definition) is 12. The number of imide groups is 1. The first kappa shape index (κ1) is 51.6. The van der Waals surface area contributed by atoms with Gasteiger partial charge in [0.05, 0.1) is 48.9 Å². The number of methoxy groups -OCH3 is 1. The quantitative estimate of drug-likeness (QED) is 0.0309. The molecular formula is C55H63N3O11S. The number of hydrogen-bond donors (Lipinski definition) is 0. The van der Waals surface area contributed by atoms with E-state index in [9.17, 15) is 27.4 Å². The number of benzene rings is 3. The molecule has 0 atom stereocenters. The number of fused-ring (bicyclic) bond motifs is 3. The Bertz CT molecular complexity index is 2780. The molecule has 4 aliphatic heterocycles. The second-order valence-corrected chi connectivity index (χ2v) is 20.0. The normalized spacial score (nSPS) is 18.0. The van der Waals surface area contributed by atoms with Gasteiger partial charge in [-0.25, -0.2) is 13.2 Å². The molecule has 0 aromatic heterocycles. The van der Waals surface area contributed by atoms with E-state index in [0.717, 1.165) is 56.4 Å². The van der Waals surface area contributed by atoms with Crippen molar-refractivity contribution < 1.29 is 55.7 Å². The highest BCUT2D eigenvalue weighted by molar-refractivity contribution is 7.85. The summed E-state index contributed by atoms with van der Waals surface area (Å²) >= 11 is 0. The van der Waals surface area contributed by atoms with Crippen molar-refractivity contribution in [3.63, 3.8) is 0 Å². The summed E-state index contributed by atoms with van der Waals surface area (Å²) in [6.07, 6.45) is 20.1. The SMILES string of the molecule is COCCOCCOCCN1c2cc3c(cc2C(C)=CC1(C)C)/C(=C/C=C/C=C/C=C/C1=[N+](CCCCCC(=O)ON2C(=O)CCC2=O)c2ccc(S(=O)(=O)[O-])cc2C1(C)C)C=C(c1ccccc1)O3. The van der Waals surface area contributed by atoms with E-state index < -0.39 is 33.3 Å². The van der Waals surface area contributed by atoms with Crippen LogP contribution < -0.4 is 9.64 Å². The lowest BCUT2D eigenvalue weighted by molar-refractivity contribution is -0.438. The van der Waals surface area contributed by atoms with E-state index in [2.05, 4.69) is 60.6 Å². The Balaban J connectivity index is 1.08. The third kappa shape index (κ3) is 12.2. The molecule has 4 heterocycles. The summed E-state index contributed by atoms with van der Waals surface area (Å²) in [4.78, 5) is 43.2. The summed E-state index contributed by atoms with van der Waals surface area (Å²) in [5, 5.41) is 0.559. The van der Waals surface area contributed by atoms with E-state index in [0.29, 0.717) is 70.4 Å². The molecule has 0 N–H and O–H groups in total. The van der Waals surface area contributed by atoms with Gasteiger partial charge in [-0.3, -0.25) is 9.59 Å². The van der Waals surface area contributed by atoms with Crippen LogP contribution in [-0.2, 0) is 49.0 Å². The molecule has 0 bridgehead atoms. The molecule has 0 radical (unpaired) electrons. The smallest absolute Gasteiger partial charge is 0.333 e. The number of amides is 2. The van der Waals surface area contributed by atoms with Gasteiger partial charge < -0.3 is 33.2 Å². The van der Waals surface area contributed by atoms with Crippen molar-refractivity contribution in [2.45, 2.75) is 89.0 Å². The van der Waals surface area contributed by atoms with Gasteiger partial charge in [0.15, 0.2) is 5.71 Å². The first-order chi connectivity index (χ1) is 33.5. The molecule has 3 aromatic rings. The van der Waals surface area contributed by atoms with Crippen molar-refractivity contribution in [2.75, 3.05) is 58.1 Å². The van der Waals surface area contributed by atoms with Crippen molar-refractivity contribution in [1.29, 1.82) is 0 Å². The van der Waals surface area contributed by atoms with E-state index in [1.54, 1.807) is 13.2 Å². The summed E-state index contributed by atoms with van der Waals surface area (Å²) < 4.78 is 61.6. The van der Waals surface area contributed by atoms with Crippen LogP contribution >= 0.6 is 0 Å². The maximum Gasteiger partial charge on any atom is 0.333 e. The first-order valence-corrected chi connectivity index (χ1v) is 25.2. The topological polar surface area (TPSA) is 164 Å². The minimum Gasteiger partial charge on any atom is -0.744 e. The molecule has 2 amide bonds. The Labute approximate surface area is 411 Å². The molecule has 70 heavy (non-hydrogen) atoms. The second-order valence-electron chi connectivity index (χ2n) is 18.6. The Hall–Kier alpha value is -6.23. The van der Waals surface area contributed by atoms with Crippen molar-refractivity contribution in [3.8, 4) is 5.75 Å². The van der Waals surface area contributed by atoms with Crippen LogP contribution in [0.25, 0.3) is 16.9 Å². The molecule has 0 unspecified atom stereocenters. The highest BCUT2D eigenvalue weighted by Crippen LogP contribution is 2.47. The zero-order chi connectivity index (χ0) is 50.1. The predicted molar refractivity (Wildman–Crippen MR) is 268 cm³/mol. The van der Waals surface area contributed by atoms with E-state index in [1.165, 1.54) is 17.7 Å². The summed E-state index contributed by atoms with van der Waals surface area (Å²) in [5.41, 5.74) is 7.84.